The van der Waals surface area contributed by atoms with Gasteiger partial charge in [0.05, 0.1) is 0 Å². The van der Waals surface area contributed by atoms with Crippen LogP contribution in [0.25, 0.3) is 10.9 Å². The number of nitrogens with one attached hydrogen (secondary N) is 2. The van der Waals surface area contributed by atoms with Gasteiger partial charge in [-0.1, -0.05) is 37.5 Å². The van der Waals surface area contributed by atoms with E-state index in [2.05, 4.69) is 45.7 Å². The molecule has 0 atom stereocenters. The minimum atomic E-state index is 0.276. The number of hydrogen-bond acceptors (Lipinski definition) is 2. The normalized spacial score (nSPS) is 20.8. The number of carbonyl (C=O) groups excluding carboxylic acids is 1. The highest BCUT2D eigenvalue weighted by Gasteiger charge is 2.26. The zero-order valence-electron chi connectivity index (χ0n) is 15.0. The van der Waals surface area contributed by atoms with Crippen molar-refractivity contribution in [1.29, 1.82) is 0 Å². The van der Waals surface area contributed by atoms with E-state index in [0.717, 1.165) is 45.3 Å². The lowest BCUT2D eigenvalue weighted by atomic mass is 9.88. The van der Waals surface area contributed by atoms with Crippen molar-refractivity contribution in [2.75, 3.05) is 13.1 Å². The second-order valence-corrected chi connectivity index (χ2v) is 7.75. The topological polar surface area (TPSA) is 48.1 Å². The van der Waals surface area contributed by atoms with Crippen LogP contribution in [0.4, 0.5) is 0 Å². The van der Waals surface area contributed by atoms with Crippen LogP contribution >= 0.6 is 0 Å². The second-order valence-electron chi connectivity index (χ2n) is 7.75. The summed E-state index contributed by atoms with van der Waals surface area (Å²) in [7, 11) is 0. The largest absolute Gasteiger partial charge is 0.361 e. The van der Waals surface area contributed by atoms with E-state index in [1.165, 1.54) is 35.7 Å². The fraction of sp³-hybridized carbons (Fsp3) is 0.571. The third kappa shape index (κ3) is 3.90. The molecule has 1 amide bonds. The van der Waals surface area contributed by atoms with E-state index in [-0.39, 0.29) is 5.92 Å². The van der Waals surface area contributed by atoms with E-state index >= 15 is 0 Å². The lowest BCUT2D eigenvalue weighted by Crippen LogP contribution is -2.46. The van der Waals surface area contributed by atoms with Gasteiger partial charge in [-0.3, -0.25) is 9.69 Å². The van der Waals surface area contributed by atoms with Crippen LogP contribution in [0.3, 0.4) is 0 Å². The number of aromatic amines is 1. The van der Waals surface area contributed by atoms with Gasteiger partial charge in [0.25, 0.3) is 0 Å². The highest BCUT2D eigenvalue weighted by molar-refractivity contribution is 5.83. The molecule has 2 heterocycles. The fourth-order valence-corrected chi connectivity index (χ4v) is 4.42. The van der Waals surface area contributed by atoms with Crippen molar-refractivity contribution >= 4 is 16.8 Å². The minimum absolute atomic E-state index is 0.276. The van der Waals surface area contributed by atoms with Gasteiger partial charge in [0.2, 0.25) is 5.91 Å². The van der Waals surface area contributed by atoms with Gasteiger partial charge in [-0.05, 0) is 37.3 Å². The molecule has 1 aliphatic heterocycles. The maximum Gasteiger partial charge on any atom is 0.223 e. The average Bonchev–Trinajstić information content (AvgIpc) is 3.07. The van der Waals surface area contributed by atoms with Crippen LogP contribution in [-0.2, 0) is 11.3 Å². The van der Waals surface area contributed by atoms with E-state index < -0.39 is 0 Å². The highest BCUT2D eigenvalue weighted by atomic mass is 16.1. The number of piperidine rings is 1. The van der Waals surface area contributed by atoms with E-state index in [4.69, 9.17) is 0 Å². The van der Waals surface area contributed by atoms with Crippen LogP contribution in [0.5, 0.6) is 0 Å². The summed E-state index contributed by atoms with van der Waals surface area (Å²) >= 11 is 0. The molecule has 2 aromatic rings. The first kappa shape index (κ1) is 16.6. The second kappa shape index (κ2) is 7.61. The molecule has 0 radical (unpaired) electrons. The van der Waals surface area contributed by atoms with Crippen LogP contribution in [0.1, 0.15) is 50.5 Å². The number of nitrogens with zero attached hydrogens (tertiary/aromatic N) is 1. The number of fused-ring (bicyclic) bond motifs is 1. The monoisotopic (exact) mass is 339 g/mol. The summed E-state index contributed by atoms with van der Waals surface area (Å²) in [5.74, 6) is 0.591. The number of H-pyrrole nitrogens is 1. The molecule has 0 bridgehead atoms. The highest BCUT2D eigenvalue weighted by Crippen LogP contribution is 2.25. The van der Waals surface area contributed by atoms with Crippen molar-refractivity contribution in [1.82, 2.24) is 15.2 Å². The van der Waals surface area contributed by atoms with Crippen LogP contribution < -0.4 is 5.32 Å². The Morgan fingerprint density at radius 3 is 2.64 bits per heavy atom. The first-order chi connectivity index (χ1) is 12.3. The summed E-state index contributed by atoms with van der Waals surface area (Å²) in [6.45, 7) is 3.12. The van der Waals surface area contributed by atoms with E-state index in [9.17, 15) is 4.79 Å². The Balaban J connectivity index is 1.27. The van der Waals surface area contributed by atoms with Crippen molar-refractivity contribution < 1.29 is 4.79 Å². The standard InChI is InChI=1S/C21H29N3O/c25-21(16-6-2-1-3-7-16)23-18-10-12-24(13-11-18)15-17-14-22-20-9-5-4-8-19(17)20/h4-5,8-9,14,16,18,22H,1-3,6-7,10-13,15H2,(H,23,25). The third-order valence-electron chi connectivity index (χ3n) is 5.98. The Bertz CT molecular complexity index is 709. The maximum absolute atomic E-state index is 12.4. The van der Waals surface area contributed by atoms with Crippen molar-refractivity contribution in [3.8, 4) is 0 Å². The molecule has 2 fully saturated rings. The summed E-state index contributed by atoms with van der Waals surface area (Å²) in [5.41, 5.74) is 2.59. The van der Waals surface area contributed by atoms with Crippen molar-refractivity contribution in [3.63, 3.8) is 0 Å². The number of rotatable bonds is 4. The zero-order valence-corrected chi connectivity index (χ0v) is 15.0. The van der Waals surface area contributed by atoms with Crippen LogP contribution in [0, 0.1) is 5.92 Å². The van der Waals surface area contributed by atoms with Crippen molar-refractivity contribution in [2.24, 2.45) is 5.92 Å². The lowest BCUT2D eigenvalue weighted by Gasteiger charge is -2.33. The summed E-state index contributed by atoms with van der Waals surface area (Å²) in [6.07, 6.45) is 10.2. The number of carbonyl (C=O) groups is 1. The molecular weight excluding hydrogens is 310 g/mol. The predicted molar refractivity (Wildman–Crippen MR) is 101 cm³/mol. The smallest absolute Gasteiger partial charge is 0.223 e. The van der Waals surface area contributed by atoms with Crippen LogP contribution in [-0.4, -0.2) is 34.9 Å². The molecule has 25 heavy (non-hydrogen) atoms. The van der Waals surface area contributed by atoms with Gasteiger partial charge in [-0.25, -0.2) is 0 Å². The predicted octanol–water partition coefficient (Wildman–Crippen LogP) is 3.83. The Morgan fingerprint density at radius 1 is 1.08 bits per heavy atom. The first-order valence-electron chi connectivity index (χ1n) is 9.87. The minimum Gasteiger partial charge on any atom is -0.361 e. The van der Waals surface area contributed by atoms with Crippen molar-refractivity contribution in [3.05, 3.63) is 36.0 Å². The van der Waals surface area contributed by atoms with Gasteiger partial charge < -0.3 is 10.3 Å². The molecule has 0 unspecified atom stereocenters. The molecule has 4 nitrogen and oxygen atoms in total. The number of amides is 1. The Hall–Kier alpha value is -1.81. The number of para-hydroxylation sites is 1. The van der Waals surface area contributed by atoms with Gasteiger partial charge in [-0.15, -0.1) is 0 Å². The first-order valence-corrected chi connectivity index (χ1v) is 9.87. The number of benzene rings is 1. The maximum atomic E-state index is 12.4. The van der Waals surface area contributed by atoms with Gasteiger partial charge in [0.15, 0.2) is 0 Å². The summed E-state index contributed by atoms with van der Waals surface area (Å²) in [6, 6.07) is 8.87. The summed E-state index contributed by atoms with van der Waals surface area (Å²) in [5, 5.41) is 4.65. The Labute approximate surface area is 150 Å². The number of likely N-dealkylation sites (tertiary alicyclic amines) is 1. The van der Waals surface area contributed by atoms with Crippen molar-refractivity contribution in [2.45, 2.75) is 57.5 Å². The number of aromatic nitrogens is 1. The Kier molecular flexibility index (Phi) is 5.07. The zero-order chi connectivity index (χ0) is 17.1. The quantitative estimate of drug-likeness (QED) is 0.889. The lowest BCUT2D eigenvalue weighted by molar-refractivity contribution is -0.127. The molecule has 1 aromatic heterocycles. The third-order valence-corrected chi connectivity index (χ3v) is 5.98. The molecule has 2 N–H and O–H groups in total. The molecular formula is C21H29N3O. The van der Waals surface area contributed by atoms with E-state index in [1.807, 2.05) is 0 Å². The van der Waals surface area contributed by atoms with E-state index in [0.29, 0.717) is 11.9 Å². The molecule has 4 heteroatoms. The molecule has 1 saturated carbocycles. The molecule has 0 spiro atoms. The van der Waals surface area contributed by atoms with Gasteiger partial charge >= 0.3 is 0 Å². The summed E-state index contributed by atoms with van der Waals surface area (Å²) < 4.78 is 0. The number of hydrogen-bond donors (Lipinski definition) is 2. The SMILES string of the molecule is O=C(NC1CCN(Cc2c[nH]c3ccccc23)CC1)C1CCCCC1. The molecule has 1 aromatic carbocycles. The molecule has 1 aliphatic carbocycles. The average molecular weight is 339 g/mol. The van der Waals surface area contributed by atoms with Gasteiger partial charge in [-0.2, -0.15) is 0 Å². The molecule has 2 aliphatic rings. The summed E-state index contributed by atoms with van der Waals surface area (Å²) in [4.78, 5) is 18.3. The molecule has 1 saturated heterocycles. The molecule has 4 rings (SSSR count). The van der Waals surface area contributed by atoms with Gasteiger partial charge in [0, 0.05) is 48.7 Å². The van der Waals surface area contributed by atoms with E-state index in [1.54, 1.807) is 0 Å². The van der Waals surface area contributed by atoms with Gasteiger partial charge in [0.1, 0.15) is 0 Å². The fourth-order valence-electron chi connectivity index (χ4n) is 4.42. The van der Waals surface area contributed by atoms with Crippen LogP contribution in [0.2, 0.25) is 0 Å². The molecule has 134 valence electrons. The van der Waals surface area contributed by atoms with Crippen LogP contribution in [0.15, 0.2) is 30.5 Å². The Morgan fingerprint density at radius 2 is 1.84 bits per heavy atom.